The van der Waals surface area contributed by atoms with Gasteiger partial charge in [0.2, 0.25) is 0 Å². The van der Waals surface area contributed by atoms with Crippen molar-refractivity contribution in [3.63, 3.8) is 0 Å². The van der Waals surface area contributed by atoms with Gasteiger partial charge in [-0.2, -0.15) is 13.2 Å². The Kier molecular flexibility index (Phi) is 5.28. The first-order valence-electron chi connectivity index (χ1n) is 6.23. The molecular formula is C14H17F4NO. The monoisotopic (exact) mass is 291 g/mol. The number of carbonyl (C=O) groups excluding carboxylic acids is 1. The van der Waals surface area contributed by atoms with Crippen LogP contribution in [-0.4, -0.2) is 18.4 Å². The molecule has 1 atom stereocenters. The number of nitrogens with one attached hydrogen (secondary N) is 1. The van der Waals surface area contributed by atoms with Gasteiger partial charge in [-0.1, -0.05) is 19.9 Å². The van der Waals surface area contributed by atoms with E-state index in [0.29, 0.717) is 6.07 Å². The van der Waals surface area contributed by atoms with Gasteiger partial charge in [0.1, 0.15) is 11.6 Å². The Morgan fingerprint density at radius 2 is 1.90 bits per heavy atom. The molecule has 1 N–H and O–H groups in total. The largest absolute Gasteiger partial charge is 0.416 e. The van der Waals surface area contributed by atoms with Crippen LogP contribution in [-0.2, 0) is 11.0 Å². The van der Waals surface area contributed by atoms with E-state index in [0.717, 1.165) is 12.1 Å². The van der Waals surface area contributed by atoms with Gasteiger partial charge in [0.15, 0.2) is 0 Å². The van der Waals surface area contributed by atoms with Crippen molar-refractivity contribution in [1.82, 2.24) is 5.32 Å². The molecule has 2 nitrogen and oxygen atoms in total. The molecule has 0 radical (unpaired) electrons. The summed E-state index contributed by atoms with van der Waals surface area (Å²) in [6.45, 7) is 5.21. The zero-order valence-electron chi connectivity index (χ0n) is 11.5. The maximum atomic E-state index is 13.8. The first-order chi connectivity index (χ1) is 9.12. The van der Waals surface area contributed by atoms with Crippen molar-refractivity contribution >= 4 is 5.78 Å². The van der Waals surface area contributed by atoms with Crippen molar-refractivity contribution in [1.29, 1.82) is 0 Å². The van der Waals surface area contributed by atoms with Crippen LogP contribution >= 0.6 is 0 Å². The molecule has 0 saturated heterocycles. The van der Waals surface area contributed by atoms with Crippen LogP contribution in [0.4, 0.5) is 17.6 Å². The lowest BCUT2D eigenvalue weighted by Crippen LogP contribution is -2.31. The summed E-state index contributed by atoms with van der Waals surface area (Å²) in [5.41, 5.74) is -1.07. The Bertz CT molecular complexity index is 483. The van der Waals surface area contributed by atoms with Gasteiger partial charge in [0, 0.05) is 12.6 Å². The normalized spacial score (nSPS) is 13.6. The highest BCUT2D eigenvalue weighted by Crippen LogP contribution is 2.31. The van der Waals surface area contributed by atoms with Gasteiger partial charge in [0.05, 0.1) is 11.5 Å². The SMILES string of the molecule is CC(=O)C(CNC(C)C)c1ccc(C(F)(F)F)cc1F. The number of Topliss-reactive ketones (excluding diaryl/α,β-unsaturated/α-hetero) is 1. The number of benzene rings is 1. The molecule has 0 amide bonds. The highest BCUT2D eigenvalue weighted by Gasteiger charge is 2.32. The summed E-state index contributed by atoms with van der Waals surface area (Å²) in [6.07, 6.45) is -4.60. The van der Waals surface area contributed by atoms with Gasteiger partial charge in [-0.25, -0.2) is 4.39 Å². The first kappa shape index (κ1) is 16.6. The highest BCUT2D eigenvalue weighted by atomic mass is 19.4. The molecule has 0 aliphatic carbocycles. The first-order valence-corrected chi connectivity index (χ1v) is 6.23. The van der Waals surface area contributed by atoms with E-state index in [2.05, 4.69) is 5.32 Å². The van der Waals surface area contributed by atoms with E-state index in [1.807, 2.05) is 13.8 Å². The number of alkyl halides is 3. The van der Waals surface area contributed by atoms with E-state index < -0.39 is 23.5 Å². The van der Waals surface area contributed by atoms with Crippen LogP contribution in [0.25, 0.3) is 0 Å². The maximum absolute atomic E-state index is 13.8. The second-order valence-corrected chi connectivity index (χ2v) is 4.96. The fraction of sp³-hybridized carbons (Fsp3) is 0.500. The summed E-state index contributed by atoms with van der Waals surface area (Å²) < 4.78 is 51.2. The molecule has 20 heavy (non-hydrogen) atoms. The van der Waals surface area contributed by atoms with Crippen molar-refractivity contribution < 1.29 is 22.4 Å². The minimum absolute atomic E-state index is 0.0151. The number of carbonyl (C=O) groups is 1. The minimum Gasteiger partial charge on any atom is -0.313 e. The molecule has 112 valence electrons. The molecule has 0 saturated carbocycles. The molecule has 0 heterocycles. The number of ketones is 1. The Labute approximate surface area is 115 Å². The van der Waals surface area contributed by atoms with E-state index in [1.54, 1.807) is 0 Å². The number of hydrogen-bond acceptors (Lipinski definition) is 2. The summed E-state index contributed by atoms with van der Waals surface area (Å²) >= 11 is 0. The Hall–Kier alpha value is -1.43. The van der Waals surface area contributed by atoms with Crippen molar-refractivity contribution in [2.45, 2.75) is 38.9 Å². The van der Waals surface area contributed by atoms with Gasteiger partial charge in [-0.15, -0.1) is 0 Å². The quantitative estimate of drug-likeness (QED) is 0.841. The van der Waals surface area contributed by atoms with E-state index in [9.17, 15) is 22.4 Å². The predicted octanol–water partition coefficient (Wildman–Crippen LogP) is 3.52. The van der Waals surface area contributed by atoms with E-state index in [-0.39, 0.29) is 23.9 Å². The summed E-state index contributed by atoms with van der Waals surface area (Å²) in [7, 11) is 0. The smallest absolute Gasteiger partial charge is 0.313 e. The van der Waals surface area contributed by atoms with Crippen LogP contribution < -0.4 is 5.32 Å². The third-order valence-corrected chi connectivity index (χ3v) is 2.92. The number of rotatable bonds is 5. The summed E-state index contributed by atoms with van der Waals surface area (Å²) in [5, 5.41) is 2.99. The van der Waals surface area contributed by atoms with Crippen molar-refractivity contribution in [2.75, 3.05) is 6.54 Å². The number of hydrogen-bond donors (Lipinski definition) is 1. The molecule has 0 aromatic heterocycles. The molecular weight excluding hydrogens is 274 g/mol. The summed E-state index contributed by atoms with van der Waals surface area (Å²) in [6, 6.07) is 2.35. The zero-order valence-corrected chi connectivity index (χ0v) is 11.5. The zero-order chi connectivity index (χ0) is 15.5. The van der Waals surface area contributed by atoms with Crippen LogP contribution in [0.5, 0.6) is 0 Å². The molecule has 6 heteroatoms. The van der Waals surface area contributed by atoms with E-state index >= 15 is 0 Å². The summed E-state index contributed by atoms with van der Waals surface area (Å²) in [4.78, 5) is 11.6. The van der Waals surface area contributed by atoms with Gasteiger partial charge in [-0.3, -0.25) is 4.79 Å². The van der Waals surface area contributed by atoms with Crippen molar-refractivity contribution in [2.24, 2.45) is 0 Å². The molecule has 0 spiro atoms. The van der Waals surface area contributed by atoms with Crippen LogP contribution in [0.1, 0.15) is 37.8 Å². The molecule has 1 unspecified atom stereocenters. The molecule has 0 fully saturated rings. The minimum atomic E-state index is -4.60. The molecule has 0 aliphatic rings. The van der Waals surface area contributed by atoms with Crippen molar-refractivity contribution in [3.05, 3.63) is 35.1 Å². The molecule has 0 bridgehead atoms. The van der Waals surface area contributed by atoms with Crippen LogP contribution in [0, 0.1) is 5.82 Å². The van der Waals surface area contributed by atoms with Crippen molar-refractivity contribution in [3.8, 4) is 0 Å². The molecule has 0 aliphatic heterocycles. The molecule has 1 aromatic rings. The third-order valence-electron chi connectivity index (χ3n) is 2.92. The van der Waals surface area contributed by atoms with E-state index in [1.165, 1.54) is 6.92 Å². The van der Waals surface area contributed by atoms with Gasteiger partial charge in [-0.05, 0) is 24.6 Å². The van der Waals surface area contributed by atoms with Crippen LogP contribution in [0.3, 0.4) is 0 Å². The van der Waals surface area contributed by atoms with Gasteiger partial charge in [0.25, 0.3) is 0 Å². The third kappa shape index (κ3) is 4.30. The summed E-state index contributed by atoms with van der Waals surface area (Å²) in [5.74, 6) is -2.10. The Balaban J connectivity index is 3.06. The lowest BCUT2D eigenvalue weighted by Gasteiger charge is -2.18. The van der Waals surface area contributed by atoms with Gasteiger partial charge < -0.3 is 5.32 Å². The molecule has 1 rings (SSSR count). The topological polar surface area (TPSA) is 29.1 Å². The standard InChI is InChI=1S/C14H17F4NO/c1-8(2)19-7-12(9(3)20)11-5-4-10(6-13(11)15)14(16,17)18/h4-6,8,12,19H,7H2,1-3H3. The lowest BCUT2D eigenvalue weighted by atomic mass is 9.93. The maximum Gasteiger partial charge on any atom is 0.416 e. The van der Waals surface area contributed by atoms with Gasteiger partial charge >= 0.3 is 6.18 Å². The molecule has 1 aromatic carbocycles. The fourth-order valence-corrected chi connectivity index (χ4v) is 1.81. The second-order valence-electron chi connectivity index (χ2n) is 4.96. The Morgan fingerprint density at radius 3 is 2.30 bits per heavy atom. The predicted molar refractivity (Wildman–Crippen MR) is 68.0 cm³/mol. The average molecular weight is 291 g/mol. The highest BCUT2D eigenvalue weighted by molar-refractivity contribution is 5.83. The van der Waals surface area contributed by atoms with Crippen LogP contribution in [0.15, 0.2) is 18.2 Å². The fourth-order valence-electron chi connectivity index (χ4n) is 1.81. The average Bonchev–Trinajstić information content (AvgIpc) is 2.28. The number of halogens is 4. The van der Waals surface area contributed by atoms with E-state index in [4.69, 9.17) is 0 Å². The van der Waals surface area contributed by atoms with Crippen LogP contribution in [0.2, 0.25) is 0 Å². The Morgan fingerprint density at radius 1 is 1.30 bits per heavy atom. The lowest BCUT2D eigenvalue weighted by molar-refractivity contribution is -0.137. The second kappa shape index (κ2) is 6.35.